The minimum absolute atomic E-state index is 0.00366. The Morgan fingerprint density at radius 3 is 2.41 bits per heavy atom. The lowest BCUT2D eigenvalue weighted by atomic mass is 9.98. The molecular formula is C17H23F2N3O4S. The Kier molecular flexibility index (Phi) is 6.88. The average Bonchev–Trinajstić information content (AvgIpc) is 2.61. The number of piperidine rings is 1. The van der Waals surface area contributed by atoms with Crippen molar-refractivity contribution in [2.24, 2.45) is 11.8 Å². The Morgan fingerprint density at radius 1 is 1.19 bits per heavy atom. The van der Waals surface area contributed by atoms with Gasteiger partial charge >= 0.3 is 0 Å². The van der Waals surface area contributed by atoms with E-state index in [2.05, 4.69) is 10.9 Å². The van der Waals surface area contributed by atoms with Crippen LogP contribution in [0.2, 0.25) is 0 Å². The number of halogens is 2. The van der Waals surface area contributed by atoms with Crippen LogP contribution < -0.4 is 10.9 Å². The van der Waals surface area contributed by atoms with E-state index in [9.17, 15) is 26.8 Å². The number of nitrogens with zero attached hydrogens (tertiary/aromatic N) is 1. The van der Waals surface area contributed by atoms with Crippen molar-refractivity contribution in [3.63, 3.8) is 0 Å². The van der Waals surface area contributed by atoms with Crippen LogP contribution in [0.25, 0.3) is 0 Å². The molecule has 0 bridgehead atoms. The predicted octanol–water partition coefficient (Wildman–Crippen LogP) is 1.56. The van der Waals surface area contributed by atoms with Crippen molar-refractivity contribution >= 4 is 21.8 Å². The minimum atomic E-state index is -4.19. The third-order valence-electron chi connectivity index (χ3n) is 4.25. The number of carbonyl (C=O) groups is 2. The van der Waals surface area contributed by atoms with E-state index < -0.39 is 38.4 Å². The van der Waals surface area contributed by atoms with Crippen molar-refractivity contribution < 1.29 is 26.8 Å². The quantitative estimate of drug-likeness (QED) is 0.730. The molecule has 7 nitrogen and oxygen atoms in total. The summed E-state index contributed by atoms with van der Waals surface area (Å²) in [5.41, 5.74) is 4.67. The lowest BCUT2D eigenvalue weighted by Crippen LogP contribution is -2.48. The fourth-order valence-electron chi connectivity index (χ4n) is 2.83. The second-order valence-electron chi connectivity index (χ2n) is 6.89. The SMILES string of the molecule is CC(C)CC(=O)NNC(=O)C1CCN(S(=O)(=O)c2cc(F)ccc2F)CC1. The fourth-order valence-corrected chi connectivity index (χ4v) is 4.37. The molecule has 150 valence electrons. The van der Waals surface area contributed by atoms with Gasteiger partial charge in [0, 0.05) is 25.4 Å². The summed E-state index contributed by atoms with van der Waals surface area (Å²) in [6.07, 6.45) is 0.695. The Bertz CT molecular complexity index is 806. The number of benzene rings is 1. The third kappa shape index (κ3) is 5.46. The van der Waals surface area contributed by atoms with E-state index >= 15 is 0 Å². The van der Waals surface area contributed by atoms with E-state index in [4.69, 9.17) is 0 Å². The lowest BCUT2D eigenvalue weighted by molar-refractivity contribution is -0.132. The molecule has 1 saturated heterocycles. The van der Waals surface area contributed by atoms with E-state index in [1.165, 1.54) is 0 Å². The van der Waals surface area contributed by atoms with Gasteiger partial charge in [0.15, 0.2) is 0 Å². The van der Waals surface area contributed by atoms with Crippen molar-refractivity contribution in [1.29, 1.82) is 0 Å². The molecule has 1 fully saturated rings. The number of carbonyl (C=O) groups excluding carboxylic acids is 2. The molecule has 0 spiro atoms. The van der Waals surface area contributed by atoms with Gasteiger partial charge in [-0.15, -0.1) is 0 Å². The Morgan fingerprint density at radius 2 is 1.81 bits per heavy atom. The van der Waals surface area contributed by atoms with Crippen LogP contribution in [-0.2, 0) is 19.6 Å². The van der Waals surface area contributed by atoms with Crippen molar-refractivity contribution in [2.75, 3.05) is 13.1 Å². The molecule has 27 heavy (non-hydrogen) atoms. The van der Waals surface area contributed by atoms with Crippen molar-refractivity contribution in [3.8, 4) is 0 Å². The third-order valence-corrected chi connectivity index (χ3v) is 6.17. The Labute approximate surface area is 157 Å². The maximum absolute atomic E-state index is 13.8. The molecule has 0 aromatic heterocycles. The topological polar surface area (TPSA) is 95.6 Å². The van der Waals surface area contributed by atoms with Crippen LogP contribution in [0.4, 0.5) is 8.78 Å². The van der Waals surface area contributed by atoms with Gasteiger partial charge in [0.25, 0.3) is 0 Å². The van der Waals surface area contributed by atoms with E-state index in [-0.39, 0.29) is 44.2 Å². The number of amides is 2. The van der Waals surface area contributed by atoms with Gasteiger partial charge in [-0.25, -0.2) is 17.2 Å². The molecule has 1 aromatic rings. The first-order valence-electron chi connectivity index (χ1n) is 8.65. The number of rotatable bonds is 5. The number of hydrazine groups is 1. The van der Waals surface area contributed by atoms with Gasteiger partial charge in [-0.1, -0.05) is 13.8 Å². The van der Waals surface area contributed by atoms with Crippen LogP contribution in [0.15, 0.2) is 23.1 Å². The summed E-state index contributed by atoms with van der Waals surface area (Å²) in [7, 11) is -4.19. The molecule has 2 rings (SSSR count). The molecule has 0 saturated carbocycles. The summed E-state index contributed by atoms with van der Waals surface area (Å²) < 4.78 is 53.2. The first-order chi connectivity index (χ1) is 12.6. The molecule has 1 aromatic carbocycles. The van der Waals surface area contributed by atoms with Crippen LogP contribution >= 0.6 is 0 Å². The molecule has 1 heterocycles. The molecule has 2 N–H and O–H groups in total. The zero-order valence-electron chi connectivity index (χ0n) is 15.2. The number of nitrogens with one attached hydrogen (secondary N) is 2. The molecule has 10 heteroatoms. The van der Waals surface area contributed by atoms with E-state index in [0.717, 1.165) is 16.4 Å². The molecule has 1 aliphatic rings. The summed E-state index contributed by atoms with van der Waals surface area (Å²) in [6.45, 7) is 3.74. The molecule has 0 radical (unpaired) electrons. The summed E-state index contributed by atoms with van der Waals surface area (Å²) in [4.78, 5) is 23.0. The molecule has 0 unspecified atom stereocenters. The van der Waals surface area contributed by atoms with Gasteiger partial charge < -0.3 is 0 Å². The van der Waals surface area contributed by atoms with Gasteiger partial charge in [0.05, 0.1) is 0 Å². The summed E-state index contributed by atoms with van der Waals surface area (Å²) in [5, 5.41) is 0. The van der Waals surface area contributed by atoms with Crippen LogP contribution in [0.3, 0.4) is 0 Å². The van der Waals surface area contributed by atoms with Gasteiger partial charge in [-0.3, -0.25) is 20.4 Å². The van der Waals surface area contributed by atoms with Crippen molar-refractivity contribution in [1.82, 2.24) is 15.2 Å². The van der Waals surface area contributed by atoms with Crippen LogP contribution in [0.5, 0.6) is 0 Å². The highest BCUT2D eigenvalue weighted by Crippen LogP contribution is 2.26. The number of hydrogen-bond acceptors (Lipinski definition) is 4. The van der Waals surface area contributed by atoms with E-state index in [0.29, 0.717) is 6.07 Å². The van der Waals surface area contributed by atoms with Crippen LogP contribution in [0, 0.1) is 23.5 Å². The summed E-state index contributed by atoms with van der Waals surface area (Å²) >= 11 is 0. The van der Waals surface area contributed by atoms with E-state index in [1.807, 2.05) is 13.8 Å². The molecule has 1 aliphatic heterocycles. The molecular weight excluding hydrogens is 380 g/mol. The summed E-state index contributed by atoms with van der Waals surface area (Å²) in [5.74, 6) is -2.90. The Hall–Kier alpha value is -2.07. The maximum atomic E-state index is 13.8. The Balaban J connectivity index is 1.93. The molecule has 2 amide bonds. The first kappa shape index (κ1) is 21.2. The second-order valence-corrected chi connectivity index (χ2v) is 8.79. The molecule has 0 atom stereocenters. The highest BCUT2D eigenvalue weighted by Gasteiger charge is 2.33. The zero-order valence-corrected chi connectivity index (χ0v) is 16.0. The number of sulfonamides is 1. The zero-order chi connectivity index (χ0) is 20.2. The first-order valence-corrected chi connectivity index (χ1v) is 10.1. The lowest BCUT2D eigenvalue weighted by Gasteiger charge is -2.30. The second kappa shape index (κ2) is 8.75. The minimum Gasteiger partial charge on any atom is -0.273 e. The highest BCUT2D eigenvalue weighted by molar-refractivity contribution is 7.89. The van der Waals surface area contributed by atoms with Gasteiger partial charge in [0.2, 0.25) is 21.8 Å². The predicted molar refractivity (Wildman–Crippen MR) is 93.6 cm³/mol. The maximum Gasteiger partial charge on any atom is 0.246 e. The normalized spacial score (nSPS) is 16.3. The smallest absolute Gasteiger partial charge is 0.246 e. The molecule has 0 aliphatic carbocycles. The monoisotopic (exact) mass is 403 g/mol. The van der Waals surface area contributed by atoms with Crippen molar-refractivity contribution in [3.05, 3.63) is 29.8 Å². The van der Waals surface area contributed by atoms with E-state index in [1.54, 1.807) is 0 Å². The van der Waals surface area contributed by atoms with Crippen LogP contribution in [-0.4, -0.2) is 37.6 Å². The highest BCUT2D eigenvalue weighted by atomic mass is 32.2. The van der Waals surface area contributed by atoms with Gasteiger partial charge in [0.1, 0.15) is 16.5 Å². The van der Waals surface area contributed by atoms with Crippen molar-refractivity contribution in [2.45, 2.75) is 38.0 Å². The number of hydrogen-bond donors (Lipinski definition) is 2. The fraction of sp³-hybridized carbons (Fsp3) is 0.529. The van der Waals surface area contributed by atoms with Gasteiger partial charge in [-0.2, -0.15) is 4.31 Å². The summed E-state index contributed by atoms with van der Waals surface area (Å²) in [6, 6.07) is 2.26. The van der Waals surface area contributed by atoms with Gasteiger partial charge in [-0.05, 0) is 37.0 Å². The van der Waals surface area contributed by atoms with Crippen LogP contribution in [0.1, 0.15) is 33.1 Å². The largest absolute Gasteiger partial charge is 0.273 e. The average molecular weight is 403 g/mol. The standard InChI is InChI=1S/C17H23F2N3O4S/c1-11(2)9-16(23)20-21-17(24)12-5-7-22(8-6-12)27(25,26)15-10-13(18)3-4-14(15)19/h3-4,10-12H,5-9H2,1-2H3,(H,20,23)(H,21,24).